The monoisotopic (exact) mass is 361 g/mol. The van der Waals surface area contributed by atoms with E-state index >= 15 is 0 Å². The zero-order chi connectivity index (χ0) is 18.5. The van der Waals surface area contributed by atoms with E-state index in [1.165, 1.54) is 25.7 Å². The van der Waals surface area contributed by atoms with Crippen molar-refractivity contribution in [3.63, 3.8) is 0 Å². The first-order chi connectivity index (χ1) is 13.3. The first kappa shape index (κ1) is 17.8. The molecule has 1 aromatic heterocycles. The van der Waals surface area contributed by atoms with Crippen molar-refractivity contribution in [1.82, 2.24) is 9.97 Å². The van der Waals surface area contributed by atoms with E-state index < -0.39 is 0 Å². The molecule has 0 N–H and O–H groups in total. The fourth-order valence-electron chi connectivity index (χ4n) is 3.63. The quantitative estimate of drug-likeness (QED) is 0.604. The topological polar surface area (TPSA) is 38.2 Å². The Bertz CT molecular complexity index is 884. The fraction of sp³-hybridized carbons (Fsp3) is 0.391. The van der Waals surface area contributed by atoms with Crippen LogP contribution < -0.4 is 9.64 Å². The largest absolute Gasteiger partial charge is 0.494 e. The normalized spacial score (nSPS) is 14.9. The van der Waals surface area contributed by atoms with Crippen molar-refractivity contribution >= 4 is 16.7 Å². The first-order valence-electron chi connectivity index (χ1n) is 10.1. The molecule has 2 aromatic carbocycles. The molecule has 4 heteroatoms. The highest BCUT2D eigenvalue weighted by atomic mass is 16.5. The predicted octanol–water partition coefficient (Wildman–Crippen LogP) is 5.47. The van der Waals surface area contributed by atoms with Gasteiger partial charge in [0.15, 0.2) is 5.82 Å². The van der Waals surface area contributed by atoms with Crippen molar-refractivity contribution in [3.8, 4) is 17.1 Å². The molecule has 3 aromatic rings. The maximum atomic E-state index is 5.70. The van der Waals surface area contributed by atoms with Crippen LogP contribution in [0.2, 0.25) is 0 Å². The number of ether oxygens (including phenoxy) is 1. The van der Waals surface area contributed by atoms with Crippen LogP contribution in [0.5, 0.6) is 5.75 Å². The van der Waals surface area contributed by atoms with E-state index in [1.807, 2.05) is 18.2 Å². The number of nitrogens with zero attached hydrogens (tertiary/aromatic N) is 3. The van der Waals surface area contributed by atoms with Crippen LogP contribution in [0, 0.1) is 0 Å². The van der Waals surface area contributed by atoms with Gasteiger partial charge in [0.2, 0.25) is 0 Å². The highest BCUT2D eigenvalue weighted by Gasteiger charge is 2.16. The first-order valence-corrected chi connectivity index (χ1v) is 10.1. The average Bonchev–Trinajstić information content (AvgIpc) is 3.01. The Morgan fingerprint density at radius 1 is 0.889 bits per heavy atom. The summed E-state index contributed by atoms with van der Waals surface area (Å²) in [5, 5.41) is 1.14. The molecule has 2 heterocycles. The average molecular weight is 361 g/mol. The lowest BCUT2D eigenvalue weighted by Gasteiger charge is -2.23. The molecule has 1 fully saturated rings. The predicted molar refractivity (Wildman–Crippen MR) is 111 cm³/mol. The van der Waals surface area contributed by atoms with Gasteiger partial charge in [-0.1, -0.05) is 31.9 Å². The summed E-state index contributed by atoms with van der Waals surface area (Å²) in [5.41, 5.74) is 2.04. The molecule has 1 aliphatic rings. The van der Waals surface area contributed by atoms with Gasteiger partial charge in [-0.15, -0.1) is 0 Å². The van der Waals surface area contributed by atoms with E-state index in [-0.39, 0.29) is 0 Å². The number of anilines is 1. The Kier molecular flexibility index (Phi) is 5.52. The smallest absolute Gasteiger partial charge is 0.162 e. The van der Waals surface area contributed by atoms with Crippen molar-refractivity contribution < 1.29 is 4.74 Å². The van der Waals surface area contributed by atoms with Crippen molar-refractivity contribution in [3.05, 3.63) is 48.5 Å². The van der Waals surface area contributed by atoms with E-state index in [2.05, 4.69) is 42.2 Å². The van der Waals surface area contributed by atoms with Gasteiger partial charge < -0.3 is 9.64 Å². The lowest BCUT2D eigenvalue weighted by Crippen LogP contribution is -2.25. The van der Waals surface area contributed by atoms with Gasteiger partial charge in [-0.3, -0.25) is 0 Å². The van der Waals surface area contributed by atoms with Gasteiger partial charge in [-0.2, -0.15) is 0 Å². The molecule has 0 unspecified atom stereocenters. The van der Waals surface area contributed by atoms with Crippen LogP contribution in [-0.2, 0) is 0 Å². The maximum absolute atomic E-state index is 5.70. The number of hydrogen-bond donors (Lipinski definition) is 0. The third kappa shape index (κ3) is 4.05. The van der Waals surface area contributed by atoms with E-state index in [0.717, 1.165) is 60.0 Å². The number of benzene rings is 2. The molecule has 4 nitrogen and oxygen atoms in total. The summed E-state index contributed by atoms with van der Waals surface area (Å²) >= 11 is 0. The molecule has 0 aliphatic carbocycles. The fourth-order valence-corrected chi connectivity index (χ4v) is 3.63. The molecule has 0 bridgehead atoms. The van der Waals surface area contributed by atoms with Crippen LogP contribution in [-0.4, -0.2) is 29.7 Å². The minimum atomic E-state index is 0.741. The zero-order valence-corrected chi connectivity index (χ0v) is 16.0. The summed E-state index contributed by atoms with van der Waals surface area (Å²) < 4.78 is 5.70. The number of fused-ring (bicyclic) bond motifs is 1. The van der Waals surface area contributed by atoms with Crippen LogP contribution in [0.1, 0.15) is 39.0 Å². The molecule has 1 aliphatic heterocycles. The van der Waals surface area contributed by atoms with Gasteiger partial charge in [0.25, 0.3) is 0 Å². The molecule has 0 saturated carbocycles. The molecule has 0 spiro atoms. The van der Waals surface area contributed by atoms with E-state index in [0.29, 0.717) is 0 Å². The Balaban J connectivity index is 1.72. The summed E-state index contributed by atoms with van der Waals surface area (Å²) in [6.45, 7) is 5.00. The molecular formula is C23H27N3O. The van der Waals surface area contributed by atoms with E-state index in [1.54, 1.807) is 0 Å². The van der Waals surface area contributed by atoms with Gasteiger partial charge in [0, 0.05) is 24.0 Å². The highest BCUT2D eigenvalue weighted by molar-refractivity contribution is 5.91. The summed E-state index contributed by atoms with van der Waals surface area (Å²) in [6.07, 6.45) is 6.10. The molecule has 0 radical (unpaired) electrons. The minimum Gasteiger partial charge on any atom is -0.494 e. The minimum absolute atomic E-state index is 0.741. The van der Waals surface area contributed by atoms with E-state index in [4.69, 9.17) is 14.7 Å². The summed E-state index contributed by atoms with van der Waals surface area (Å²) in [5.74, 6) is 2.76. The van der Waals surface area contributed by atoms with Crippen LogP contribution in [0.15, 0.2) is 48.5 Å². The molecular weight excluding hydrogens is 334 g/mol. The summed E-state index contributed by atoms with van der Waals surface area (Å²) in [7, 11) is 0. The number of para-hydroxylation sites is 1. The van der Waals surface area contributed by atoms with Crippen LogP contribution in [0.4, 0.5) is 5.82 Å². The number of rotatable bonds is 5. The third-order valence-corrected chi connectivity index (χ3v) is 5.07. The second-order valence-corrected chi connectivity index (χ2v) is 7.16. The molecule has 4 rings (SSSR count). The van der Waals surface area contributed by atoms with Crippen molar-refractivity contribution in [2.45, 2.75) is 39.0 Å². The molecule has 0 atom stereocenters. The van der Waals surface area contributed by atoms with Crippen LogP contribution in [0.3, 0.4) is 0 Å². The standard InChI is InChI=1S/C23H27N3O/c1-2-17-27-19-13-11-18(12-14-19)22-24-21-10-6-5-9-20(21)23(25-22)26-15-7-3-4-8-16-26/h5-6,9-14H,2-4,7-8,15-17H2,1H3. The van der Waals surface area contributed by atoms with Gasteiger partial charge in [0.05, 0.1) is 12.1 Å². The lowest BCUT2D eigenvalue weighted by molar-refractivity contribution is 0.317. The Labute approximate surface area is 161 Å². The third-order valence-electron chi connectivity index (χ3n) is 5.07. The highest BCUT2D eigenvalue weighted by Crippen LogP contribution is 2.29. The van der Waals surface area contributed by atoms with E-state index in [9.17, 15) is 0 Å². The van der Waals surface area contributed by atoms with Gasteiger partial charge >= 0.3 is 0 Å². The van der Waals surface area contributed by atoms with Gasteiger partial charge in [0.1, 0.15) is 11.6 Å². The van der Waals surface area contributed by atoms with Gasteiger partial charge in [-0.25, -0.2) is 9.97 Å². The molecule has 140 valence electrons. The maximum Gasteiger partial charge on any atom is 0.162 e. The molecule has 0 amide bonds. The van der Waals surface area contributed by atoms with Crippen molar-refractivity contribution in [1.29, 1.82) is 0 Å². The molecule has 27 heavy (non-hydrogen) atoms. The lowest BCUT2D eigenvalue weighted by atomic mass is 10.1. The van der Waals surface area contributed by atoms with Crippen molar-refractivity contribution in [2.24, 2.45) is 0 Å². The number of hydrogen-bond acceptors (Lipinski definition) is 4. The van der Waals surface area contributed by atoms with Gasteiger partial charge in [-0.05, 0) is 55.7 Å². The number of aromatic nitrogens is 2. The van der Waals surface area contributed by atoms with Crippen LogP contribution >= 0.6 is 0 Å². The SMILES string of the molecule is CCCOc1ccc(-c2nc(N3CCCCCC3)c3ccccc3n2)cc1. The Hall–Kier alpha value is -2.62. The Morgan fingerprint density at radius 3 is 2.37 bits per heavy atom. The molecule has 1 saturated heterocycles. The second-order valence-electron chi connectivity index (χ2n) is 7.16. The summed E-state index contributed by atoms with van der Waals surface area (Å²) in [4.78, 5) is 12.3. The summed E-state index contributed by atoms with van der Waals surface area (Å²) in [6, 6.07) is 16.5. The van der Waals surface area contributed by atoms with Crippen LogP contribution in [0.25, 0.3) is 22.3 Å². The van der Waals surface area contributed by atoms with Crippen molar-refractivity contribution in [2.75, 3.05) is 24.6 Å². The second kappa shape index (κ2) is 8.38. The Morgan fingerprint density at radius 2 is 1.63 bits per heavy atom. The zero-order valence-electron chi connectivity index (χ0n) is 16.0.